The Hall–Kier alpha value is -1.08. The normalized spacial score (nSPS) is 21.9. The smallest absolute Gasteiger partial charge is 0.314 e. The van der Waals surface area contributed by atoms with Gasteiger partial charge in [-0.3, -0.25) is 0 Å². The van der Waals surface area contributed by atoms with Gasteiger partial charge in [-0.25, -0.2) is 13.2 Å². The third-order valence-corrected chi connectivity index (χ3v) is 6.35. The molecule has 0 radical (unpaired) electrons. The number of carbonyl (C=O) groups is 1. The van der Waals surface area contributed by atoms with Crippen LogP contribution in [0.4, 0.5) is 4.79 Å². The summed E-state index contributed by atoms with van der Waals surface area (Å²) < 4.78 is 22.6. The minimum Gasteiger partial charge on any atom is -0.338 e. The van der Waals surface area contributed by atoms with Gasteiger partial charge in [-0.2, -0.15) is 0 Å². The summed E-state index contributed by atoms with van der Waals surface area (Å²) in [6.45, 7) is 3.15. The van der Waals surface area contributed by atoms with E-state index in [1.807, 2.05) is 6.07 Å². The van der Waals surface area contributed by atoms with Crippen LogP contribution >= 0.6 is 11.3 Å². The van der Waals surface area contributed by atoms with Crippen molar-refractivity contribution in [2.75, 3.05) is 24.6 Å². The van der Waals surface area contributed by atoms with Gasteiger partial charge < -0.3 is 10.6 Å². The molecule has 1 aromatic heterocycles. The molecular formula is C14H22N2O3S2. The van der Waals surface area contributed by atoms with Gasteiger partial charge in [-0.15, -0.1) is 11.3 Å². The molecule has 7 heteroatoms. The first kappa shape index (κ1) is 16.3. The van der Waals surface area contributed by atoms with Crippen molar-refractivity contribution < 1.29 is 13.2 Å². The minimum atomic E-state index is -2.87. The Morgan fingerprint density at radius 1 is 1.48 bits per heavy atom. The Morgan fingerprint density at radius 3 is 2.90 bits per heavy atom. The van der Waals surface area contributed by atoms with E-state index < -0.39 is 9.84 Å². The number of amides is 2. The first-order valence-corrected chi connectivity index (χ1v) is 9.89. The van der Waals surface area contributed by atoms with E-state index in [1.54, 1.807) is 11.3 Å². The lowest BCUT2D eigenvalue weighted by Gasteiger charge is -2.14. The second kappa shape index (κ2) is 7.26. The van der Waals surface area contributed by atoms with Crippen molar-refractivity contribution in [3.63, 3.8) is 0 Å². The van der Waals surface area contributed by atoms with Crippen LogP contribution in [0.3, 0.4) is 0 Å². The molecule has 0 aromatic carbocycles. The molecule has 21 heavy (non-hydrogen) atoms. The maximum absolute atomic E-state index is 11.7. The highest BCUT2D eigenvalue weighted by molar-refractivity contribution is 7.91. The molecule has 0 saturated carbocycles. The molecule has 1 aromatic rings. The van der Waals surface area contributed by atoms with Crippen LogP contribution in [0.5, 0.6) is 0 Å². The maximum Gasteiger partial charge on any atom is 0.314 e. The minimum absolute atomic E-state index is 0.0595. The van der Waals surface area contributed by atoms with Gasteiger partial charge in [0.15, 0.2) is 9.84 Å². The van der Waals surface area contributed by atoms with E-state index in [9.17, 15) is 13.2 Å². The van der Waals surface area contributed by atoms with Crippen molar-refractivity contribution in [2.24, 2.45) is 11.8 Å². The van der Waals surface area contributed by atoms with Gasteiger partial charge in [-0.05, 0) is 36.1 Å². The number of hydrogen-bond acceptors (Lipinski definition) is 4. The number of sulfone groups is 1. The number of thiophene rings is 1. The van der Waals surface area contributed by atoms with Crippen LogP contribution in [0, 0.1) is 11.8 Å². The first-order chi connectivity index (χ1) is 9.94. The molecule has 1 saturated heterocycles. The number of hydrogen-bond donors (Lipinski definition) is 2. The van der Waals surface area contributed by atoms with Crippen LogP contribution in [0.1, 0.15) is 18.2 Å². The molecule has 2 rings (SSSR count). The fourth-order valence-corrected chi connectivity index (χ4v) is 5.18. The van der Waals surface area contributed by atoms with Crippen molar-refractivity contribution in [3.05, 3.63) is 22.4 Å². The summed E-state index contributed by atoms with van der Waals surface area (Å²) in [6.07, 6.45) is 1.61. The standard InChI is InChI=1S/C14H22N2O3S2/c1-11(7-13-3-2-5-20-13)8-15-14(17)16-9-12-4-6-21(18,19)10-12/h2-3,5,11-12H,4,6-10H2,1H3,(H2,15,16,17)/t11-,12-/m0/s1. The highest BCUT2D eigenvalue weighted by Gasteiger charge is 2.27. The molecule has 2 amide bonds. The molecule has 1 aliphatic heterocycles. The summed E-state index contributed by atoms with van der Waals surface area (Å²) in [6, 6.07) is 3.92. The van der Waals surface area contributed by atoms with Gasteiger partial charge in [0.25, 0.3) is 0 Å². The van der Waals surface area contributed by atoms with Gasteiger partial charge in [0.2, 0.25) is 0 Å². The fraction of sp³-hybridized carbons (Fsp3) is 0.643. The van der Waals surface area contributed by atoms with Crippen molar-refractivity contribution in [3.8, 4) is 0 Å². The second-order valence-corrected chi connectivity index (χ2v) is 9.01. The monoisotopic (exact) mass is 330 g/mol. The molecule has 118 valence electrons. The van der Waals surface area contributed by atoms with Crippen LogP contribution < -0.4 is 10.6 Å². The van der Waals surface area contributed by atoms with Gasteiger partial charge in [-0.1, -0.05) is 13.0 Å². The van der Waals surface area contributed by atoms with Crippen LogP contribution in [0.15, 0.2) is 17.5 Å². The Balaban J connectivity index is 1.61. The molecule has 0 aliphatic carbocycles. The molecule has 2 atom stereocenters. The number of urea groups is 1. The second-order valence-electron chi connectivity index (χ2n) is 5.75. The Bertz CT molecular complexity index is 555. The average Bonchev–Trinajstić information content (AvgIpc) is 3.03. The molecular weight excluding hydrogens is 308 g/mol. The largest absolute Gasteiger partial charge is 0.338 e. The Labute approximate surface area is 130 Å². The lowest BCUT2D eigenvalue weighted by atomic mass is 10.1. The SMILES string of the molecule is C[C@H](CNC(=O)NC[C@@H]1CCS(=O)(=O)C1)Cc1cccs1. The lowest BCUT2D eigenvalue weighted by Crippen LogP contribution is -2.40. The average molecular weight is 330 g/mol. The molecule has 5 nitrogen and oxygen atoms in total. The van der Waals surface area contributed by atoms with Crippen LogP contribution in [0.25, 0.3) is 0 Å². The summed E-state index contributed by atoms with van der Waals surface area (Å²) in [7, 11) is -2.87. The topological polar surface area (TPSA) is 75.3 Å². The van der Waals surface area contributed by atoms with E-state index in [-0.39, 0.29) is 23.5 Å². The van der Waals surface area contributed by atoms with E-state index >= 15 is 0 Å². The van der Waals surface area contributed by atoms with Crippen LogP contribution in [-0.2, 0) is 16.3 Å². The highest BCUT2D eigenvalue weighted by atomic mass is 32.2. The first-order valence-electron chi connectivity index (χ1n) is 7.19. The van der Waals surface area contributed by atoms with Crippen molar-refractivity contribution in [2.45, 2.75) is 19.8 Å². The third-order valence-electron chi connectivity index (χ3n) is 3.62. The molecule has 0 bridgehead atoms. The predicted molar refractivity (Wildman–Crippen MR) is 85.3 cm³/mol. The van der Waals surface area contributed by atoms with Crippen molar-refractivity contribution >= 4 is 27.2 Å². The van der Waals surface area contributed by atoms with Crippen LogP contribution in [0.2, 0.25) is 0 Å². The number of rotatable bonds is 6. The van der Waals surface area contributed by atoms with Crippen molar-refractivity contribution in [1.29, 1.82) is 0 Å². The summed E-state index contributed by atoms with van der Waals surface area (Å²) >= 11 is 1.73. The van der Waals surface area contributed by atoms with Crippen molar-refractivity contribution in [1.82, 2.24) is 10.6 Å². The van der Waals surface area contributed by atoms with Gasteiger partial charge in [0.05, 0.1) is 11.5 Å². The summed E-state index contributed by atoms with van der Waals surface area (Å²) in [5.74, 6) is 0.881. The zero-order valence-electron chi connectivity index (χ0n) is 12.2. The Kier molecular flexibility index (Phi) is 5.64. The fourth-order valence-electron chi connectivity index (χ4n) is 2.44. The van der Waals surface area contributed by atoms with Gasteiger partial charge in [0, 0.05) is 18.0 Å². The molecule has 0 unspecified atom stereocenters. The summed E-state index contributed by atoms with van der Waals surface area (Å²) in [4.78, 5) is 13.0. The summed E-state index contributed by atoms with van der Waals surface area (Å²) in [5.41, 5.74) is 0. The Morgan fingerprint density at radius 2 is 2.29 bits per heavy atom. The molecule has 0 spiro atoms. The third kappa shape index (κ3) is 5.67. The molecule has 2 heterocycles. The predicted octanol–water partition coefficient (Wildman–Crippen LogP) is 1.66. The number of nitrogens with one attached hydrogen (secondary N) is 2. The van der Waals surface area contributed by atoms with E-state index in [4.69, 9.17) is 0 Å². The molecule has 1 aliphatic rings. The number of carbonyl (C=O) groups excluding carboxylic acids is 1. The molecule has 2 N–H and O–H groups in total. The van der Waals surface area contributed by atoms with E-state index in [0.29, 0.717) is 25.4 Å². The maximum atomic E-state index is 11.7. The lowest BCUT2D eigenvalue weighted by molar-refractivity contribution is 0.237. The van der Waals surface area contributed by atoms with E-state index in [2.05, 4.69) is 29.0 Å². The van der Waals surface area contributed by atoms with E-state index in [0.717, 1.165) is 6.42 Å². The summed E-state index contributed by atoms with van der Waals surface area (Å²) in [5, 5.41) is 7.66. The zero-order valence-corrected chi connectivity index (χ0v) is 13.8. The van der Waals surface area contributed by atoms with Crippen LogP contribution in [-0.4, -0.2) is 39.0 Å². The quantitative estimate of drug-likeness (QED) is 0.833. The zero-order chi connectivity index (χ0) is 15.3. The van der Waals surface area contributed by atoms with Gasteiger partial charge >= 0.3 is 6.03 Å². The van der Waals surface area contributed by atoms with Gasteiger partial charge in [0.1, 0.15) is 0 Å². The van der Waals surface area contributed by atoms with E-state index in [1.165, 1.54) is 4.88 Å². The highest BCUT2D eigenvalue weighted by Crippen LogP contribution is 2.17. The molecule has 1 fully saturated rings.